The first-order valence-corrected chi connectivity index (χ1v) is 6.18. The fourth-order valence-corrected chi connectivity index (χ4v) is 1.44. The van der Waals surface area contributed by atoms with Crippen LogP contribution in [0.2, 0.25) is 0 Å². The van der Waals surface area contributed by atoms with Gasteiger partial charge in [0.05, 0.1) is 0 Å². The summed E-state index contributed by atoms with van der Waals surface area (Å²) in [6, 6.07) is 6.38. The normalized spacial score (nSPS) is 13.1. The number of carboxylic acids is 1. The summed E-state index contributed by atoms with van der Waals surface area (Å²) >= 11 is 0. The van der Waals surface area contributed by atoms with Crippen LogP contribution in [-0.4, -0.2) is 41.0 Å². The molecular weight excluding hydrogens is 246 g/mol. The molecule has 5 nitrogen and oxygen atoms in total. The Morgan fingerprint density at radius 2 is 2.00 bits per heavy atom. The zero-order valence-corrected chi connectivity index (χ0v) is 11.5. The van der Waals surface area contributed by atoms with E-state index >= 15 is 0 Å². The van der Waals surface area contributed by atoms with E-state index < -0.39 is 12.1 Å². The fraction of sp³-hybridized carbons (Fsp3) is 0.500. The van der Waals surface area contributed by atoms with Crippen molar-refractivity contribution in [2.75, 3.05) is 13.2 Å². The number of benzene rings is 1. The van der Waals surface area contributed by atoms with Gasteiger partial charge in [-0.1, -0.05) is 12.1 Å². The molecule has 1 rings (SSSR count). The zero-order chi connectivity index (χ0) is 14.5. The first-order chi connectivity index (χ1) is 8.79. The van der Waals surface area contributed by atoms with E-state index in [2.05, 4.69) is 5.32 Å². The van der Waals surface area contributed by atoms with Gasteiger partial charge in [-0.3, -0.25) is 0 Å². The maximum atomic E-state index is 11.0. The summed E-state index contributed by atoms with van der Waals surface area (Å²) in [4.78, 5) is 11.0. The van der Waals surface area contributed by atoms with Crippen LogP contribution in [0.1, 0.15) is 31.1 Å². The standard InChI is InChI=1S/C14H21NO4/c1-14(2,3)15-8-10(16)9-19-12-7-5-4-6-11(12)13(17)18/h4-7,10,15-16H,8-9H2,1-3H3,(H,17,18). The zero-order valence-electron chi connectivity index (χ0n) is 11.5. The second-order valence-corrected chi connectivity index (χ2v) is 5.40. The van der Waals surface area contributed by atoms with Crippen molar-refractivity contribution in [2.45, 2.75) is 32.4 Å². The number of carboxylic acid groups (broad SMARTS) is 1. The van der Waals surface area contributed by atoms with E-state index in [1.54, 1.807) is 18.2 Å². The summed E-state index contributed by atoms with van der Waals surface area (Å²) in [6.45, 7) is 6.44. The number of para-hydroxylation sites is 1. The van der Waals surface area contributed by atoms with Gasteiger partial charge in [0, 0.05) is 12.1 Å². The largest absolute Gasteiger partial charge is 0.490 e. The van der Waals surface area contributed by atoms with Gasteiger partial charge < -0.3 is 20.3 Å². The molecule has 1 atom stereocenters. The summed E-state index contributed by atoms with van der Waals surface area (Å²) < 4.78 is 5.35. The lowest BCUT2D eigenvalue weighted by atomic mass is 10.1. The summed E-state index contributed by atoms with van der Waals surface area (Å²) in [5.41, 5.74) is 0.0124. The SMILES string of the molecule is CC(C)(C)NCC(O)COc1ccccc1C(=O)O. The second kappa shape index (κ2) is 6.54. The molecule has 1 unspecified atom stereocenters. The molecule has 0 aliphatic rings. The molecular formula is C14H21NO4. The van der Waals surface area contributed by atoms with Crippen LogP contribution in [0, 0.1) is 0 Å². The molecule has 19 heavy (non-hydrogen) atoms. The molecule has 3 N–H and O–H groups in total. The van der Waals surface area contributed by atoms with Crippen LogP contribution in [0.4, 0.5) is 0 Å². The van der Waals surface area contributed by atoms with Gasteiger partial charge in [0.2, 0.25) is 0 Å². The van der Waals surface area contributed by atoms with Crippen molar-refractivity contribution in [3.8, 4) is 5.75 Å². The Labute approximate surface area is 113 Å². The first-order valence-electron chi connectivity index (χ1n) is 6.18. The maximum Gasteiger partial charge on any atom is 0.339 e. The number of hydrogen-bond acceptors (Lipinski definition) is 4. The molecule has 5 heteroatoms. The minimum absolute atomic E-state index is 0.0490. The summed E-state index contributed by atoms with van der Waals surface area (Å²) in [6.07, 6.45) is -0.693. The fourth-order valence-electron chi connectivity index (χ4n) is 1.44. The van der Waals surface area contributed by atoms with Gasteiger partial charge in [0.15, 0.2) is 0 Å². The molecule has 106 valence electrons. The van der Waals surface area contributed by atoms with Crippen LogP contribution in [0.3, 0.4) is 0 Å². The van der Waals surface area contributed by atoms with Crippen molar-refractivity contribution in [3.63, 3.8) is 0 Å². The summed E-state index contributed by atoms with van der Waals surface area (Å²) in [7, 11) is 0. The molecule has 1 aromatic carbocycles. The van der Waals surface area contributed by atoms with Gasteiger partial charge in [-0.2, -0.15) is 0 Å². The van der Waals surface area contributed by atoms with E-state index in [1.807, 2.05) is 20.8 Å². The molecule has 0 amide bonds. The Balaban J connectivity index is 2.51. The number of β-amino-alcohol motifs (C(OH)–C–C–N with tert-alkyl or cyclic N) is 1. The smallest absolute Gasteiger partial charge is 0.339 e. The van der Waals surface area contributed by atoms with E-state index in [1.165, 1.54) is 6.07 Å². The highest BCUT2D eigenvalue weighted by Crippen LogP contribution is 2.17. The minimum Gasteiger partial charge on any atom is -0.490 e. The Kier molecular flexibility index (Phi) is 5.32. The Bertz CT molecular complexity index is 426. The van der Waals surface area contributed by atoms with Crippen molar-refractivity contribution < 1.29 is 19.7 Å². The lowest BCUT2D eigenvalue weighted by molar-refractivity contribution is 0.0681. The van der Waals surface area contributed by atoms with Gasteiger partial charge in [-0.15, -0.1) is 0 Å². The van der Waals surface area contributed by atoms with Crippen LogP contribution in [0.25, 0.3) is 0 Å². The van der Waals surface area contributed by atoms with Gasteiger partial charge in [-0.05, 0) is 32.9 Å². The van der Waals surface area contributed by atoms with Crippen LogP contribution >= 0.6 is 0 Å². The molecule has 0 radical (unpaired) electrons. The molecule has 0 saturated carbocycles. The average molecular weight is 267 g/mol. The molecule has 0 heterocycles. The molecule has 0 spiro atoms. The molecule has 0 aliphatic heterocycles. The number of hydrogen-bond donors (Lipinski definition) is 3. The third kappa shape index (κ3) is 5.72. The highest BCUT2D eigenvalue weighted by Gasteiger charge is 2.14. The van der Waals surface area contributed by atoms with Crippen molar-refractivity contribution in [1.29, 1.82) is 0 Å². The number of aliphatic hydroxyl groups excluding tert-OH is 1. The third-order valence-corrected chi connectivity index (χ3v) is 2.42. The van der Waals surface area contributed by atoms with Crippen molar-refractivity contribution in [1.82, 2.24) is 5.32 Å². The predicted molar refractivity (Wildman–Crippen MR) is 72.7 cm³/mol. The average Bonchev–Trinajstić information content (AvgIpc) is 2.33. The molecule has 0 bridgehead atoms. The topological polar surface area (TPSA) is 78.8 Å². The van der Waals surface area contributed by atoms with Gasteiger partial charge in [-0.25, -0.2) is 4.79 Å². The first kappa shape index (κ1) is 15.5. The molecule has 1 aromatic rings. The molecule has 0 aromatic heterocycles. The Hall–Kier alpha value is -1.59. The van der Waals surface area contributed by atoms with E-state index in [4.69, 9.17) is 9.84 Å². The molecule has 0 fully saturated rings. The third-order valence-electron chi connectivity index (χ3n) is 2.42. The second-order valence-electron chi connectivity index (χ2n) is 5.40. The highest BCUT2D eigenvalue weighted by atomic mass is 16.5. The van der Waals surface area contributed by atoms with E-state index in [9.17, 15) is 9.90 Å². The van der Waals surface area contributed by atoms with Crippen LogP contribution < -0.4 is 10.1 Å². The molecule has 0 saturated heterocycles. The van der Waals surface area contributed by atoms with E-state index in [-0.39, 0.29) is 23.5 Å². The van der Waals surface area contributed by atoms with Gasteiger partial charge in [0.25, 0.3) is 0 Å². The minimum atomic E-state index is -1.04. The van der Waals surface area contributed by atoms with Crippen LogP contribution in [0.15, 0.2) is 24.3 Å². The quantitative estimate of drug-likeness (QED) is 0.728. The number of carbonyl (C=O) groups is 1. The number of aliphatic hydroxyl groups is 1. The van der Waals surface area contributed by atoms with Gasteiger partial charge >= 0.3 is 5.97 Å². The van der Waals surface area contributed by atoms with Crippen molar-refractivity contribution >= 4 is 5.97 Å². The van der Waals surface area contributed by atoms with Crippen molar-refractivity contribution in [2.24, 2.45) is 0 Å². The summed E-state index contributed by atoms with van der Waals surface area (Å²) in [5, 5.41) is 21.9. The number of rotatable bonds is 6. The Morgan fingerprint density at radius 3 is 2.58 bits per heavy atom. The highest BCUT2D eigenvalue weighted by molar-refractivity contribution is 5.90. The Morgan fingerprint density at radius 1 is 1.37 bits per heavy atom. The van der Waals surface area contributed by atoms with Crippen molar-refractivity contribution in [3.05, 3.63) is 29.8 Å². The van der Waals surface area contributed by atoms with E-state index in [0.29, 0.717) is 6.54 Å². The van der Waals surface area contributed by atoms with Crippen LogP contribution in [-0.2, 0) is 0 Å². The predicted octanol–water partition coefficient (Wildman–Crippen LogP) is 1.51. The maximum absolute atomic E-state index is 11.0. The van der Waals surface area contributed by atoms with Gasteiger partial charge in [0.1, 0.15) is 24.0 Å². The molecule has 0 aliphatic carbocycles. The van der Waals surface area contributed by atoms with E-state index in [0.717, 1.165) is 0 Å². The number of nitrogens with one attached hydrogen (secondary N) is 1. The number of aromatic carboxylic acids is 1. The monoisotopic (exact) mass is 267 g/mol. The number of ether oxygens (including phenoxy) is 1. The van der Waals surface area contributed by atoms with Crippen LogP contribution in [0.5, 0.6) is 5.75 Å². The lowest BCUT2D eigenvalue weighted by Gasteiger charge is -2.23. The lowest BCUT2D eigenvalue weighted by Crippen LogP contribution is -2.42. The summed E-state index contributed by atoms with van der Waals surface area (Å²) in [5.74, 6) is -0.775.